The summed E-state index contributed by atoms with van der Waals surface area (Å²) in [7, 11) is 0. The highest BCUT2D eigenvalue weighted by Crippen LogP contribution is 2.26. The largest absolute Gasteiger partial charge is 0.494 e. The molecule has 2 aromatic rings. The van der Waals surface area contributed by atoms with Crippen molar-refractivity contribution >= 4 is 23.3 Å². The van der Waals surface area contributed by atoms with Crippen molar-refractivity contribution in [2.45, 2.75) is 39.2 Å². The lowest BCUT2D eigenvalue weighted by Gasteiger charge is -2.26. The molecule has 1 aromatic heterocycles. The van der Waals surface area contributed by atoms with E-state index in [1.54, 1.807) is 12.3 Å². The summed E-state index contributed by atoms with van der Waals surface area (Å²) in [5, 5.41) is 3.77. The van der Waals surface area contributed by atoms with Crippen LogP contribution in [0.5, 0.6) is 5.75 Å². The number of ether oxygens (including phenoxy) is 1. The molecule has 1 saturated heterocycles. The average molecular weight is 388 g/mol. The Bertz CT molecular complexity index is 773. The van der Waals surface area contributed by atoms with Crippen molar-refractivity contribution < 1.29 is 9.53 Å². The predicted molar refractivity (Wildman–Crippen MR) is 109 cm³/mol. The van der Waals surface area contributed by atoms with Gasteiger partial charge in [0, 0.05) is 25.3 Å². The lowest BCUT2D eigenvalue weighted by molar-refractivity contribution is 0.0724. The van der Waals surface area contributed by atoms with Crippen molar-refractivity contribution in [2.75, 3.05) is 25.0 Å². The third-order valence-electron chi connectivity index (χ3n) is 4.78. The van der Waals surface area contributed by atoms with E-state index in [1.165, 1.54) is 6.42 Å². The molecular formula is C21H26ClN3O2. The van der Waals surface area contributed by atoms with Gasteiger partial charge >= 0.3 is 0 Å². The highest BCUT2D eigenvalue weighted by atomic mass is 35.5. The third-order valence-corrected chi connectivity index (χ3v) is 5.06. The van der Waals surface area contributed by atoms with Crippen molar-refractivity contribution in [3.05, 3.63) is 52.7 Å². The van der Waals surface area contributed by atoms with Gasteiger partial charge in [0.05, 0.1) is 17.2 Å². The van der Waals surface area contributed by atoms with Gasteiger partial charge in [-0.2, -0.15) is 0 Å². The molecule has 0 radical (unpaired) electrons. The van der Waals surface area contributed by atoms with Gasteiger partial charge in [-0.1, -0.05) is 23.7 Å². The second-order valence-electron chi connectivity index (χ2n) is 6.78. The van der Waals surface area contributed by atoms with E-state index in [9.17, 15) is 4.79 Å². The van der Waals surface area contributed by atoms with Gasteiger partial charge in [-0.25, -0.2) is 4.98 Å². The van der Waals surface area contributed by atoms with Crippen molar-refractivity contribution in [3.63, 3.8) is 0 Å². The van der Waals surface area contributed by atoms with Crippen LogP contribution in [-0.4, -0.2) is 35.5 Å². The highest BCUT2D eigenvalue weighted by Gasteiger charge is 2.20. The number of benzene rings is 1. The van der Waals surface area contributed by atoms with Gasteiger partial charge in [0.25, 0.3) is 5.91 Å². The van der Waals surface area contributed by atoms with Gasteiger partial charge in [-0.15, -0.1) is 0 Å². The SMILES string of the molecule is CCOc1ccc(C(C)Nc2ncc(C(=O)N3CCCCC3)cc2Cl)cc1. The van der Waals surface area contributed by atoms with E-state index in [0.29, 0.717) is 23.0 Å². The van der Waals surface area contributed by atoms with E-state index in [4.69, 9.17) is 16.3 Å². The molecule has 1 unspecified atom stereocenters. The van der Waals surface area contributed by atoms with Crippen molar-refractivity contribution in [1.29, 1.82) is 0 Å². The molecule has 1 aromatic carbocycles. The Morgan fingerprint density at radius 3 is 2.59 bits per heavy atom. The number of amides is 1. The Morgan fingerprint density at radius 1 is 1.26 bits per heavy atom. The van der Waals surface area contributed by atoms with Crippen molar-refractivity contribution in [3.8, 4) is 5.75 Å². The van der Waals surface area contributed by atoms with Gasteiger partial charge in [-0.3, -0.25) is 4.79 Å². The van der Waals surface area contributed by atoms with Crippen LogP contribution >= 0.6 is 11.6 Å². The van der Waals surface area contributed by atoms with Gasteiger partial charge in [0.1, 0.15) is 11.6 Å². The van der Waals surface area contributed by atoms with Crippen molar-refractivity contribution in [1.82, 2.24) is 9.88 Å². The molecule has 6 heteroatoms. The summed E-state index contributed by atoms with van der Waals surface area (Å²) in [5.74, 6) is 1.44. The monoisotopic (exact) mass is 387 g/mol. The molecule has 3 rings (SSSR count). The zero-order chi connectivity index (χ0) is 19.2. The Kier molecular flexibility index (Phi) is 6.56. The molecule has 0 saturated carbocycles. The third kappa shape index (κ3) is 4.92. The molecule has 0 bridgehead atoms. The number of nitrogens with zero attached hydrogens (tertiary/aromatic N) is 2. The zero-order valence-corrected chi connectivity index (χ0v) is 16.6. The minimum Gasteiger partial charge on any atom is -0.494 e. The fourth-order valence-electron chi connectivity index (χ4n) is 3.25. The highest BCUT2D eigenvalue weighted by molar-refractivity contribution is 6.33. The van der Waals surface area contributed by atoms with E-state index < -0.39 is 0 Å². The normalized spacial score (nSPS) is 15.3. The molecule has 5 nitrogen and oxygen atoms in total. The quantitative estimate of drug-likeness (QED) is 0.763. The molecule has 1 aliphatic heterocycles. The standard InChI is InChI=1S/C21H26ClN3O2/c1-3-27-18-9-7-16(8-10-18)15(2)24-20-19(22)13-17(14-23-20)21(26)25-11-5-4-6-12-25/h7-10,13-15H,3-6,11-12H2,1-2H3,(H,23,24). The summed E-state index contributed by atoms with van der Waals surface area (Å²) in [5.41, 5.74) is 1.64. The lowest BCUT2D eigenvalue weighted by Crippen LogP contribution is -2.35. The lowest BCUT2D eigenvalue weighted by atomic mass is 10.1. The van der Waals surface area contributed by atoms with E-state index in [0.717, 1.165) is 37.2 Å². The van der Waals surface area contributed by atoms with Gasteiger partial charge < -0.3 is 15.0 Å². The van der Waals surface area contributed by atoms with E-state index in [1.807, 2.05) is 43.0 Å². The molecule has 1 aliphatic rings. The smallest absolute Gasteiger partial charge is 0.255 e. The van der Waals surface area contributed by atoms with Crippen LogP contribution in [0, 0.1) is 0 Å². The second kappa shape index (κ2) is 9.09. The van der Waals surface area contributed by atoms with Crippen LogP contribution in [0.4, 0.5) is 5.82 Å². The van der Waals surface area contributed by atoms with Crippen LogP contribution in [0.3, 0.4) is 0 Å². The summed E-state index contributed by atoms with van der Waals surface area (Å²) < 4.78 is 5.47. The molecular weight excluding hydrogens is 362 g/mol. The van der Waals surface area contributed by atoms with Gasteiger partial charge in [0.15, 0.2) is 0 Å². The number of aromatic nitrogens is 1. The number of anilines is 1. The number of carbonyl (C=O) groups excluding carboxylic acids is 1. The van der Waals surface area contributed by atoms with Crippen LogP contribution in [0.15, 0.2) is 36.5 Å². The first kappa shape index (κ1) is 19.5. The van der Waals surface area contributed by atoms with Gasteiger partial charge in [-0.05, 0) is 56.9 Å². The van der Waals surface area contributed by atoms with Crippen LogP contribution in [-0.2, 0) is 0 Å². The Hall–Kier alpha value is -2.27. The molecule has 0 spiro atoms. The van der Waals surface area contributed by atoms with Crippen LogP contribution in [0.25, 0.3) is 0 Å². The maximum Gasteiger partial charge on any atom is 0.255 e. The summed E-state index contributed by atoms with van der Waals surface area (Å²) >= 11 is 6.39. The maximum atomic E-state index is 12.6. The number of halogens is 1. The number of hydrogen-bond donors (Lipinski definition) is 1. The van der Waals surface area contributed by atoms with Crippen LogP contribution < -0.4 is 10.1 Å². The van der Waals surface area contributed by atoms with Crippen molar-refractivity contribution in [2.24, 2.45) is 0 Å². The Morgan fingerprint density at radius 2 is 1.96 bits per heavy atom. The molecule has 2 heterocycles. The molecule has 1 atom stereocenters. The molecule has 1 fully saturated rings. The maximum absolute atomic E-state index is 12.6. The number of nitrogens with one attached hydrogen (secondary N) is 1. The summed E-state index contributed by atoms with van der Waals surface area (Å²) in [6.07, 6.45) is 4.92. The van der Waals surface area contributed by atoms with Crippen LogP contribution in [0.1, 0.15) is 55.1 Å². The topological polar surface area (TPSA) is 54.5 Å². The fourth-order valence-corrected chi connectivity index (χ4v) is 3.47. The first-order valence-corrected chi connectivity index (χ1v) is 9.90. The zero-order valence-electron chi connectivity index (χ0n) is 15.9. The van der Waals surface area contributed by atoms with Gasteiger partial charge in [0.2, 0.25) is 0 Å². The minimum atomic E-state index is 0.00946. The average Bonchev–Trinajstić information content (AvgIpc) is 2.70. The van der Waals surface area contributed by atoms with E-state index in [-0.39, 0.29) is 11.9 Å². The van der Waals surface area contributed by atoms with Crippen LogP contribution in [0.2, 0.25) is 5.02 Å². The predicted octanol–water partition coefficient (Wildman–Crippen LogP) is 4.93. The number of hydrogen-bond acceptors (Lipinski definition) is 4. The Labute approximate surface area is 165 Å². The first-order valence-electron chi connectivity index (χ1n) is 9.52. The number of rotatable bonds is 6. The number of carbonyl (C=O) groups is 1. The second-order valence-corrected chi connectivity index (χ2v) is 7.18. The minimum absolute atomic E-state index is 0.00946. The summed E-state index contributed by atoms with van der Waals surface area (Å²) in [4.78, 5) is 18.9. The molecule has 0 aliphatic carbocycles. The fraction of sp³-hybridized carbons (Fsp3) is 0.429. The molecule has 144 valence electrons. The molecule has 1 amide bonds. The summed E-state index contributed by atoms with van der Waals surface area (Å²) in [6.45, 7) is 6.28. The molecule has 27 heavy (non-hydrogen) atoms. The number of likely N-dealkylation sites (tertiary alicyclic amines) is 1. The van der Waals surface area contributed by atoms with E-state index >= 15 is 0 Å². The number of pyridine rings is 1. The van der Waals surface area contributed by atoms with E-state index in [2.05, 4.69) is 10.3 Å². The number of piperidine rings is 1. The summed E-state index contributed by atoms with van der Waals surface area (Å²) in [6, 6.07) is 9.67. The first-order chi connectivity index (χ1) is 13.1. The Balaban J connectivity index is 1.67. The molecule has 1 N–H and O–H groups in total.